The summed E-state index contributed by atoms with van der Waals surface area (Å²) in [6.45, 7) is 5.46. The van der Waals surface area contributed by atoms with E-state index in [1.165, 1.54) is 0 Å². The van der Waals surface area contributed by atoms with Crippen LogP contribution in [0.4, 0.5) is 10.5 Å². The smallest absolute Gasteiger partial charge is 0.410 e. The molecule has 1 aromatic heterocycles. The van der Waals surface area contributed by atoms with E-state index in [-0.39, 0.29) is 29.7 Å². The van der Waals surface area contributed by atoms with Crippen molar-refractivity contribution < 1.29 is 23.9 Å². The van der Waals surface area contributed by atoms with Gasteiger partial charge in [0, 0.05) is 42.8 Å². The number of nitrogens with zero attached hydrogens (tertiary/aromatic N) is 4. The molecule has 11 nitrogen and oxygen atoms in total. The maximum absolute atomic E-state index is 13.3. The molecule has 4 amide bonds. The summed E-state index contributed by atoms with van der Waals surface area (Å²) in [5, 5.41) is 10.5. The first-order valence-electron chi connectivity index (χ1n) is 13.6. The van der Waals surface area contributed by atoms with Crippen LogP contribution >= 0.6 is 0 Å². The average Bonchev–Trinajstić information content (AvgIpc) is 3.48. The lowest BCUT2D eigenvalue weighted by Crippen LogP contribution is -2.51. The van der Waals surface area contributed by atoms with Crippen molar-refractivity contribution in [3.63, 3.8) is 0 Å². The summed E-state index contributed by atoms with van der Waals surface area (Å²) in [6, 6.07) is 4.45. The number of nitrogens with one attached hydrogen (secondary N) is 2. The Morgan fingerprint density at radius 2 is 1.90 bits per heavy atom. The van der Waals surface area contributed by atoms with Gasteiger partial charge in [0.1, 0.15) is 12.1 Å². The predicted molar refractivity (Wildman–Crippen MR) is 141 cm³/mol. The van der Waals surface area contributed by atoms with Gasteiger partial charge in [-0.05, 0) is 57.1 Å². The van der Waals surface area contributed by atoms with Gasteiger partial charge in [0.15, 0.2) is 0 Å². The Labute approximate surface area is 226 Å². The van der Waals surface area contributed by atoms with Crippen molar-refractivity contribution in [1.29, 1.82) is 0 Å². The van der Waals surface area contributed by atoms with Crippen molar-refractivity contribution >= 4 is 29.5 Å². The molecule has 39 heavy (non-hydrogen) atoms. The van der Waals surface area contributed by atoms with Crippen LogP contribution in [0.15, 0.2) is 42.9 Å². The van der Waals surface area contributed by atoms with E-state index in [0.29, 0.717) is 49.4 Å². The first-order chi connectivity index (χ1) is 18.9. The fourth-order valence-electron chi connectivity index (χ4n) is 5.63. The van der Waals surface area contributed by atoms with Crippen LogP contribution in [0.3, 0.4) is 0 Å². The van der Waals surface area contributed by atoms with E-state index >= 15 is 0 Å². The number of carbonyl (C=O) groups excluding carboxylic acids is 4. The molecule has 2 aromatic rings. The number of imide groups is 1. The predicted octanol–water partition coefficient (Wildman–Crippen LogP) is 3.21. The molecule has 3 fully saturated rings. The number of allylic oxidation sites excluding steroid dienone is 1. The van der Waals surface area contributed by atoms with Gasteiger partial charge in [0.25, 0.3) is 11.8 Å². The van der Waals surface area contributed by atoms with Crippen LogP contribution in [-0.4, -0.2) is 68.6 Å². The van der Waals surface area contributed by atoms with Gasteiger partial charge in [-0.3, -0.25) is 24.0 Å². The summed E-state index contributed by atoms with van der Waals surface area (Å²) >= 11 is 0. The number of anilines is 1. The Kier molecular flexibility index (Phi) is 6.58. The molecule has 204 valence electrons. The summed E-state index contributed by atoms with van der Waals surface area (Å²) < 4.78 is 7.46. The lowest BCUT2D eigenvalue weighted by Gasteiger charge is -2.34. The van der Waals surface area contributed by atoms with Crippen LogP contribution in [0.5, 0.6) is 0 Å². The van der Waals surface area contributed by atoms with Crippen molar-refractivity contribution in [2.75, 3.05) is 18.4 Å². The number of rotatable bonds is 6. The minimum absolute atomic E-state index is 0.0888. The third-order valence-electron chi connectivity index (χ3n) is 8.13. The lowest BCUT2D eigenvalue weighted by molar-refractivity contribution is -0.125. The molecule has 2 N–H and O–H groups in total. The molecule has 1 aromatic carbocycles. The van der Waals surface area contributed by atoms with Crippen molar-refractivity contribution in [3.8, 4) is 0 Å². The number of fused-ring (bicyclic) bond motifs is 1. The third kappa shape index (κ3) is 4.77. The highest BCUT2D eigenvalue weighted by atomic mass is 16.6. The van der Waals surface area contributed by atoms with Gasteiger partial charge in [-0.2, -0.15) is 5.10 Å². The minimum Gasteiger partial charge on any atom is -0.446 e. The number of hydrogen-bond donors (Lipinski definition) is 2. The number of amides is 4. The Balaban J connectivity index is 1.07. The molecule has 4 heterocycles. The summed E-state index contributed by atoms with van der Waals surface area (Å²) in [5.74, 6) is -1.31. The first kappa shape index (κ1) is 25.1. The number of carbonyl (C=O) groups is 4. The molecule has 1 unspecified atom stereocenters. The molecule has 1 atom stereocenters. The topological polar surface area (TPSA) is 126 Å². The quantitative estimate of drug-likeness (QED) is 0.547. The average molecular weight is 533 g/mol. The van der Waals surface area contributed by atoms with E-state index in [1.807, 2.05) is 10.9 Å². The Bertz CT molecular complexity index is 1340. The Morgan fingerprint density at radius 1 is 1.10 bits per heavy atom. The second-order valence-corrected chi connectivity index (χ2v) is 10.7. The molecular formula is C28H32N6O5. The fourth-order valence-corrected chi connectivity index (χ4v) is 5.63. The lowest BCUT2D eigenvalue weighted by atomic mass is 9.96. The number of aromatic nitrogens is 2. The zero-order valence-electron chi connectivity index (χ0n) is 21.7. The van der Waals surface area contributed by atoms with Crippen LogP contribution in [0.1, 0.15) is 77.3 Å². The maximum Gasteiger partial charge on any atom is 0.410 e. The SMILES string of the molecule is C=C1CCC(N2C(=O)c3cccc(NCc4cnn(C5CCN(C(=O)OC6CCC6)CC5)c4)c3C2=O)C(=O)N1. The highest BCUT2D eigenvalue weighted by Gasteiger charge is 2.45. The largest absolute Gasteiger partial charge is 0.446 e. The molecule has 6 rings (SSSR count). The van der Waals surface area contributed by atoms with Crippen LogP contribution in [0, 0.1) is 0 Å². The number of likely N-dealkylation sites (tertiary alicyclic amines) is 1. The number of ether oxygens (including phenoxy) is 1. The summed E-state index contributed by atoms with van der Waals surface area (Å²) in [7, 11) is 0. The summed E-state index contributed by atoms with van der Waals surface area (Å²) in [4.78, 5) is 54.1. The molecule has 0 radical (unpaired) electrons. The second kappa shape index (κ2) is 10.2. The van der Waals surface area contributed by atoms with E-state index in [2.05, 4.69) is 22.3 Å². The molecule has 1 aliphatic carbocycles. The number of hydrogen-bond acceptors (Lipinski definition) is 7. The summed E-state index contributed by atoms with van der Waals surface area (Å²) in [5.41, 5.74) is 2.64. The van der Waals surface area contributed by atoms with E-state index in [4.69, 9.17) is 4.74 Å². The molecular weight excluding hydrogens is 500 g/mol. The fraction of sp³-hybridized carbons (Fsp3) is 0.464. The van der Waals surface area contributed by atoms with Gasteiger partial charge in [-0.15, -0.1) is 0 Å². The van der Waals surface area contributed by atoms with Crippen LogP contribution in [-0.2, 0) is 16.1 Å². The van der Waals surface area contributed by atoms with Gasteiger partial charge in [-0.25, -0.2) is 4.79 Å². The second-order valence-electron chi connectivity index (χ2n) is 10.7. The van der Waals surface area contributed by atoms with E-state index < -0.39 is 17.9 Å². The zero-order chi connectivity index (χ0) is 27.1. The summed E-state index contributed by atoms with van der Waals surface area (Å²) in [6.07, 6.45) is 9.18. The van der Waals surface area contributed by atoms with Crippen molar-refractivity contribution in [1.82, 2.24) is 24.9 Å². The zero-order valence-corrected chi connectivity index (χ0v) is 21.7. The van der Waals surface area contributed by atoms with Crippen molar-refractivity contribution in [3.05, 3.63) is 59.6 Å². The third-order valence-corrected chi connectivity index (χ3v) is 8.13. The standard InChI is InChI=1S/C28H32N6O5/c1-17-8-9-23(25(35)31-17)34-26(36)21-6-3-7-22(24(21)27(34)37)29-14-18-15-30-33(16-18)19-10-12-32(13-11-19)28(38)39-20-4-2-5-20/h3,6-7,15-16,19-20,23,29H,1-2,4-5,8-14H2,(H,31,35). The van der Waals surface area contributed by atoms with Crippen molar-refractivity contribution in [2.24, 2.45) is 0 Å². The van der Waals surface area contributed by atoms with Gasteiger partial charge in [0.2, 0.25) is 5.91 Å². The van der Waals surface area contributed by atoms with E-state index in [9.17, 15) is 19.2 Å². The molecule has 2 saturated heterocycles. The van der Waals surface area contributed by atoms with Gasteiger partial charge >= 0.3 is 6.09 Å². The molecule has 0 spiro atoms. The van der Waals surface area contributed by atoms with Crippen LogP contribution in [0.25, 0.3) is 0 Å². The molecule has 1 saturated carbocycles. The monoisotopic (exact) mass is 532 g/mol. The van der Waals surface area contributed by atoms with E-state index in [0.717, 1.165) is 42.6 Å². The van der Waals surface area contributed by atoms with Gasteiger partial charge < -0.3 is 20.3 Å². The minimum atomic E-state index is -0.847. The highest BCUT2D eigenvalue weighted by Crippen LogP contribution is 2.33. The molecule has 0 bridgehead atoms. The number of piperidine rings is 2. The normalized spacial score (nSPS) is 22.0. The highest BCUT2D eigenvalue weighted by molar-refractivity contribution is 6.25. The van der Waals surface area contributed by atoms with E-state index in [1.54, 1.807) is 29.3 Å². The molecule has 4 aliphatic rings. The van der Waals surface area contributed by atoms with Crippen LogP contribution in [0.2, 0.25) is 0 Å². The Hall–Kier alpha value is -4.15. The number of benzene rings is 1. The van der Waals surface area contributed by atoms with Gasteiger partial charge in [-0.1, -0.05) is 12.6 Å². The molecule has 11 heteroatoms. The molecule has 3 aliphatic heterocycles. The maximum atomic E-state index is 13.3. The van der Waals surface area contributed by atoms with Crippen LogP contribution < -0.4 is 10.6 Å². The van der Waals surface area contributed by atoms with Gasteiger partial charge in [0.05, 0.1) is 23.4 Å². The Morgan fingerprint density at radius 3 is 2.62 bits per heavy atom. The first-order valence-corrected chi connectivity index (χ1v) is 13.6. The van der Waals surface area contributed by atoms with Crippen molar-refractivity contribution in [2.45, 2.75) is 69.7 Å².